The summed E-state index contributed by atoms with van der Waals surface area (Å²) in [6.45, 7) is 2.45. The maximum Gasteiger partial charge on any atom is 0.226 e. The van der Waals surface area contributed by atoms with Crippen molar-refractivity contribution in [2.45, 2.75) is 13.5 Å². The van der Waals surface area contributed by atoms with Crippen molar-refractivity contribution < 1.29 is 4.74 Å². The SMILES string of the molecule is COc1ccc2ccccc2c1CNc1nc2ccccc2c2nc(C)nn12. The first-order valence-electron chi connectivity index (χ1n) is 9.15. The molecule has 0 bridgehead atoms. The minimum absolute atomic E-state index is 0.559. The van der Waals surface area contributed by atoms with Gasteiger partial charge in [0.05, 0.1) is 12.6 Å². The van der Waals surface area contributed by atoms with Crippen molar-refractivity contribution in [1.29, 1.82) is 0 Å². The molecule has 0 fully saturated rings. The third-order valence-electron chi connectivity index (χ3n) is 4.93. The Kier molecular flexibility index (Phi) is 3.83. The number of nitrogens with zero attached hydrogens (tertiary/aromatic N) is 4. The molecule has 0 amide bonds. The molecule has 28 heavy (non-hydrogen) atoms. The highest BCUT2D eigenvalue weighted by atomic mass is 16.5. The summed E-state index contributed by atoms with van der Waals surface area (Å²) < 4.78 is 7.38. The monoisotopic (exact) mass is 369 g/mol. The van der Waals surface area contributed by atoms with Crippen LogP contribution in [-0.2, 0) is 6.54 Å². The number of aryl methyl sites for hydroxylation is 1. The molecule has 6 nitrogen and oxygen atoms in total. The maximum absolute atomic E-state index is 5.61. The van der Waals surface area contributed by atoms with Crippen LogP contribution in [0.3, 0.4) is 0 Å². The lowest BCUT2D eigenvalue weighted by Gasteiger charge is -2.14. The van der Waals surface area contributed by atoms with E-state index in [1.807, 2.05) is 49.4 Å². The first kappa shape index (κ1) is 16.5. The van der Waals surface area contributed by atoms with Gasteiger partial charge in [-0.1, -0.05) is 42.5 Å². The molecule has 6 heteroatoms. The summed E-state index contributed by atoms with van der Waals surface area (Å²) in [6, 6.07) is 20.3. The first-order valence-corrected chi connectivity index (χ1v) is 9.15. The van der Waals surface area contributed by atoms with Crippen LogP contribution in [0.4, 0.5) is 5.95 Å². The summed E-state index contributed by atoms with van der Waals surface area (Å²) in [7, 11) is 1.70. The second-order valence-corrected chi connectivity index (χ2v) is 6.67. The summed E-state index contributed by atoms with van der Waals surface area (Å²) in [5.41, 5.74) is 2.77. The van der Waals surface area contributed by atoms with Gasteiger partial charge in [-0.25, -0.2) is 9.97 Å². The number of methoxy groups -OCH3 is 1. The number of fused-ring (bicyclic) bond motifs is 4. The third kappa shape index (κ3) is 2.62. The fourth-order valence-corrected chi connectivity index (χ4v) is 3.63. The molecule has 2 heterocycles. The van der Waals surface area contributed by atoms with Gasteiger partial charge in [-0.05, 0) is 35.9 Å². The van der Waals surface area contributed by atoms with E-state index in [-0.39, 0.29) is 0 Å². The minimum Gasteiger partial charge on any atom is -0.496 e. The van der Waals surface area contributed by atoms with Gasteiger partial charge < -0.3 is 10.1 Å². The van der Waals surface area contributed by atoms with Crippen molar-refractivity contribution >= 4 is 33.3 Å². The standard InChI is InChI=1S/C22H19N5O/c1-14-24-21-17-9-5-6-10-19(17)25-22(27(21)26-14)23-13-18-16-8-4-3-7-15(16)11-12-20(18)28-2/h3-12H,13H2,1-2H3,(H,23,25). The summed E-state index contributed by atoms with van der Waals surface area (Å²) in [5.74, 6) is 2.21. The Bertz CT molecular complexity index is 1330. The van der Waals surface area contributed by atoms with Crippen LogP contribution in [0.25, 0.3) is 27.3 Å². The highest BCUT2D eigenvalue weighted by Crippen LogP contribution is 2.29. The topological polar surface area (TPSA) is 64.3 Å². The third-order valence-corrected chi connectivity index (χ3v) is 4.93. The van der Waals surface area contributed by atoms with Gasteiger partial charge in [0, 0.05) is 17.5 Å². The highest BCUT2D eigenvalue weighted by molar-refractivity contribution is 5.92. The van der Waals surface area contributed by atoms with E-state index < -0.39 is 0 Å². The lowest BCUT2D eigenvalue weighted by atomic mass is 10.0. The van der Waals surface area contributed by atoms with Gasteiger partial charge in [0.2, 0.25) is 5.95 Å². The molecule has 0 aliphatic rings. The lowest BCUT2D eigenvalue weighted by molar-refractivity contribution is 0.411. The van der Waals surface area contributed by atoms with E-state index in [1.54, 1.807) is 11.6 Å². The predicted molar refractivity (Wildman–Crippen MR) is 111 cm³/mol. The zero-order valence-corrected chi connectivity index (χ0v) is 15.7. The molecule has 1 N–H and O–H groups in total. The average Bonchev–Trinajstić information content (AvgIpc) is 3.13. The second-order valence-electron chi connectivity index (χ2n) is 6.67. The predicted octanol–water partition coefficient (Wildman–Crippen LogP) is 4.36. The Hall–Kier alpha value is -3.67. The summed E-state index contributed by atoms with van der Waals surface area (Å²) >= 11 is 0. The number of hydrogen-bond donors (Lipinski definition) is 1. The molecule has 5 aromatic rings. The normalized spacial score (nSPS) is 11.4. The lowest BCUT2D eigenvalue weighted by Crippen LogP contribution is -2.09. The van der Waals surface area contributed by atoms with Gasteiger partial charge in [-0.15, -0.1) is 5.10 Å². The fourth-order valence-electron chi connectivity index (χ4n) is 3.63. The molecule has 5 rings (SSSR count). The molecule has 138 valence electrons. The Labute approximate surface area is 161 Å². The maximum atomic E-state index is 5.61. The molecule has 0 saturated heterocycles. The van der Waals surface area contributed by atoms with Crippen LogP contribution >= 0.6 is 0 Å². The number of nitrogens with one attached hydrogen (secondary N) is 1. The van der Waals surface area contributed by atoms with Gasteiger partial charge in [0.1, 0.15) is 11.6 Å². The van der Waals surface area contributed by atoms with E-state index in [2.05, 4.69) is 33.6 Å². The molecule has 0 saturated carbocycles. The van der Waals surface area contributed by atoms with Crippen LogP contribution in [-0.4, -0.2) is 26.7 Å². The molecule has 3 aromatic carbocycles. The number of benzene rings is 3. The quantitative estimate of drug-likeness (QED) is 0.510. The van der Waals surface area contributed by atoms with E-state index in [0.717, 1.165) is 33.2 Å². The van der Waals surface area contributed by atoms with E-state index in [0.29, 0.717) is 18.3 Å². The highest BCUT2D eigenvalue weighted by Gasteiger charge is 2.13. The number of ether oxygens (including phenoxy) is 1. The number of anilines is 1. The van der Waals surface area contributed by atoms with E-state index >= 15 is 0 Å². The van der Waals surface area contributed by atoms with Crippen LogP contribution < -0.4 is 10.1 Å². The Balaban J connectivity index is 1.62. The number of para-hydroxylation sites is 1. The smallest absolute Gasteiger partial charge is 0.226 e. The average molecular weight is 369 g/mol. The first-order chi connectivity index (χ1) is 13.7. The van der Waals surface area contributed by atoms with Crippen LogP contribution in [0.15, 0.2) is 60.7 Å². The van der Waals surface area contributed by atoms with Crippen molar-refractivity contribution in [2.75, 3.05) is 12.4 Å². The second kappa shape index (κ2) is 6.49. The van der Waals surface area contributed by atoms with Gasteiger partial charge >= 0.3 is 0 Å². The molecule has 0 aliphatic carbocycles. The van der Waals surface area contributed by atoms with Crippen molar-refractivity contribution in [1.82, 2.24) is 19.6 Å². The van der Waals surface area contributed by atoms with Crippen LogP contribution in [0, 0.1) is 6.92 Å². The largest absolute Gasteiger partial charge is 0.496 e. The Morgan fingerprint density at radius 1 is 0.929 bits per heavy atom. The molecule has 0 aliphatic heterocycles. The molecular formula is C22H19N5O. The molecule has 0 spiro atoms. The Morgan fingerprint density at radius 2 is 1.71 bits per heavy atom. The zero-order chi connectivity index (χ0) is 19.1. The summed E-state index contributed by atoms with van der Waals surface area (Å²) in [6.07, 6.45) is 0. The van der Waals surface area contributed by atoms with Gasteiger partial charge in [-0.2, -0.15) is 4.52 Å². The number of hydrogen-bond acceptors (Lipinski definition) is 5. The molecule has 0 atom stereocenters. The summed E-state index contributed by atoms with van der Waals surface area (Å²) in [4.78, 5) is 9.36. The van der Waals surface area contributed by atoms with Gasteiger partial charge in [-0.3, -0.25) is 0 Å². The van der Waals surface area contributed by atoms with Crippen LogP contribution in [0.5, 0.6) is 5.75 Å². The Morgan fingerprint density at radius 3 is 2.57 bits per heavy atom. The van der Waals surface area contributed by atoms with Gasteiger partial charge in [0.15, 0.2) is 5.65 Å². The minimum atomic E-state index is 0.559. The molecular weight excluding hydrogens is 350 g/mol. The van der Waals surface area contributed by atoms with Crippen LogP contribution in [0.1, 0.15) is 11.4 Å². The van der Waals surface area contributed by atoms with E-state index in [9.17, 15) is 0 Å². The number of rotatable bonds is 4. The zero-order valence-electron chi connectivity index (χ0n) is 15.7. The molecule has 0 unspecified atom stereocenters. The number of aromatic nitrogens is 4. The molecule has 2 aromatic heterocycles. The van der Waals surface area contributed by atoms with Crippen molar-refractivity contribution in [3.8, 4) is 5.75 Å². The van der Waals surface area contributed by atoms with Gasteiger partial charge in [0.25, 0.3) is 0 Å². The van der Waals surface area contributed by atoms with Crippen LogP contribution in [0.2, 0.25) is 0 Å². The van der Waals surface area contributed by atoms with Crippen molar-refractivity contribution in [2.24, 2.45) is 0 Å². The van der Waals surface area contributed by atoms with E-state index in [4.69, 9.17) is 9.72 Å². The molecule has 0 radical (unpaired) electrons. The summed E-state index contributed by atoms with van der Waals surface area (Å²) in [5, 5.41) is 11.3. The van der Waals surface area contributed by atoms with Crippen molar-refractivity contribution in [3.05, 3.63) is 72.1 Å². The van der Waals surface area contributed by atoms with Crippen molar-refractivity contribution in [3.63, 3.8) is 0 Å². The fraction of sp³-hybridized carbons (Fsp3) is 0.136. The van der Waals surface area contributed by atoms with E-state index in [1.165, 1.54) is 5.39 Å².